The minimum atomic E-state index is -0.179. The average Bonchev–Trinajstić information content (AvgIpc) is 2.45. The molecule has 4 nitrogen and oxygen atoms in total. The number of hydrazine groups is 1. The van der Waals surface area contributed by atoms with Gasteiger partial charge in [-0.15, -0.1) is 0 Å². The van der Waals surface area contributed by atoms with Crippen molar-refractivity contribution in [3.63, 3.8) is 0 Å². The van der Waals surface area contributed by atoms with Gasteiger partial charge in [-0.1, -0.05) is 23.7 Å². The zero-order chi connectivity index (χ0) is 14.5. The van der Waals surface area contributed by atoms with Crippen molar-refractivity contribution in [2.45, 2.75) is 19.9 Å². The summed E-state index contributed by atoms with van der Waals surface area (Å²) in [5.41, 5.74) is 5.77. The molecule has 1 unspecified atom stereocenters. The Morgan fingerprint density at radius 3 is 2.90 bits per heavy atom. The summed E-state index contributed by atoms with van der Waals surface area (Å²) < 4.78 is 5.47. The van der Waals surface area contributed by atoms with Crippen LogP contribution in [0.25, 0.3) is 0 Å². The number of hydrogen-bond acceptors (Lipinski definition) is 4. The molecule has 0 amide bonds. The van der Waals surface area contributed by atoms with Gasteiger partial charge in [0.15, 0.2) is 0 Å². The van der Waals surface area contributed by atoms with Crippen molar-refractivity contribution >= 4 is 11.6 Å². The SMILES string of the molecule is CCOc1cncc(C(NN)c2cccc(Cl)c2C)c1. The van der Waals surface area contributed by atoms with Crippen LogP contribution in [0.15, 0.2) is 36.7 Å². The molecule has 106 valence electrons. The zero-order valence-electron chi connectivity index (χ0n) is 11.6. The van der Waals surface area contributed by atoms with E-state index in [4.69, 9.17) is 22.2 Å². The Morgan fingerprint density at radius 2 is 2.20 bits per heavy atom. The minimum absolute atomic E-state index is 0.179. The molecule has 0 aliphatic rings. The number of aromatic nitrogens is 1. The largest absolute Gasteiger partial charge is 0.492 e. The van der Waals surface area contributed by atoms with Crippen LogP contribution < -0.4 is 16.0 Å². The average molecular weight is 292 g/mol. The highest BCUT2D eigenvalue weighted by molar-refractivity contribution is 6.31. The Morgan fingerprint density at radius 1 is 1.40 bits per heavy atom. The Balaban J connectivity index is 2.41. The molecule has 2 aromatic rings. The number of nitrogens with two attached hydrogens (primary N) is 1. The van der Waals surface area contributed by atoms with Crippen molar-refractivity contribution < 1.29 is 4.74 Å². The number of nitrogens with zero attached hydrogens (tertiary/aromatic N) is 1. The molecule has 0 fully saturated rings. The first kappa shape index (κ1) is 14.8. The van der Waals surface area contributed by atoms with Gasteiger partial charge in [-0.2, -0.15) is 0 Å². The van der Waals surface area contributed by atoms with Gasteiger partial charge in [0.2, 0.25) is 0 Å². The van der Waals surface area contributed by atoms with Crippen molar-refractivity contribution in [2.75, 3.05) is 6.61 Å². The predicted molar refractivity (Wildman–Crippen MR) is 80.8 cm³/mol. The molecular weight excluding hydrogens is 274 g/mol. The molecule has 2 rings (SSSR count). The molecule has 1 aromatic heterocycles. The molecule has 1 heterocycles. The molecule has 0 aliphatic heterocycles. The first-order valence-electron chi connectivity index (χ1n) is 6.46. The molecule has 1 atom stereocenters. The molecule has 0 spiro atoms. The van der Waals surface area contributed by atoms with Crippen LogP contribution in [0.3, 0.4) is 0 Å². The highest BCUT2D eigenvalue weighted by Gasteiger charge is 2.16. The summed E-state index contributed by atoms with van der Waals surface area (Å²) in [7, 11) is 0. The molecule has 1 aromatic carbocycles. The molecule has 0 saturated carbocycles. The van der Waals surface area contributed by atoms with Crippen LogP contribution in [0.2, 0.25) is 5.02 Å². The molecule has 0 aliphatic carbocycles. The maximum Gasteiger partial charge on any atom is 0.137 e. The standard InChI is InChI=1S/C15H18ClN3O/c1-3-20-12-7-11(8-18-9-12)15(19-17)13-5-4-6-14(16)10(13)2/h4-9,15,19H,3,17H2,1-2H3. The van der Waals surface area contributed by atoms with E-state index in [1.165, 1.54) is 0 Å². The fourth-order valence-corrected chi connectivity index (χ4v) is 2.32. The first-order valence-corrected chi connectivity index (χ1v) is 6.84. The van der Waals surface area contributed by atoms with Crippen molar-refractivity contribution in [2.24, 2.45) is 5.84 Å². The Hall–Kier alpha value is -1.62. The monoisotopic (exact) mass is 291 g/mol. The van der Waals surface area contributed by atoms with Gasteiger partial charge in [0, 0.05) is 11.2 Å². The van der Waals surface area contributed by atoms with E-state index < -0.39 is 0 Å². The van der Waals surface area contributed by atoms with E-state index in [2.05, 4.69) is 10.4 Å². The second-order valence-corrected chi connectivity index (χ2v) is 4.85. The second-order valence-electron chi connectivity index (χ2n) is 4.44. The highest BCUT2D eigenvalue weighted by atomic mass is 35.5. The number of benzene rings is 1. The number of hydrogen-bond donors (Lipinski definition) is 2. The molecule has 5 heteroatoms. The van der Waals surface area contributed by atoms with Crippen LogP contribution >= 0.6 is 11.6 Å². The predicted octanol–water partition coefficient (Wildman–Crippen LogP) is 2.99. The van der Waals surface area contributed by atoms with Crippen LogP contribution in [0.5, 0.6) is 5.75 Å². The van der Waals surface area contributed by atoms with Crippen LogP contribution in [0.1, 0.15) is 29.7 Å². The normalized spacial score (nSPS) is 12.2. The summed E-state index contributed by atoms with van der Waals surface area (Å²) in [5, 5.41) is 0.719. The van der Waals surface area contributed by atoms with Crippen LogP contribution in [-0.4, -0.2) is 11.6 Å². The summed E-state index contributed by atoms with van der Waals surface area (Å²) in [5.74, 6) is 6.44. The second kappa shape index (κ2) is 6.70. The lowest BCUT2D eigenvalue weighted by atomic mass is 9.96. The molecule has 20 heavy (non-hydrogen) atoms. The van der Waals surface area contributed by atoms with Gasteiger partial charge in [-0.3, -0.25) is 10.8 Å². The molecule has 0 bridgehead atoms. The van der Waals surface area contributed by atoms with E-state index in [0.29, 0.717) is 6.61 Å². The van der Waals surface area contributed by atoms with Gasteiger partial charge >= 0.3 is 0 Å². The lowest BCUT2D eigenvalue weighted by Crippen LogP contribution is -2.29. The van der Waals surface area contributed by atoms with Crippen LogP contribution in [-0.2, 0) is 0 Å². The van der Waals surface area contributed by atoms with Gasteiger partial charge < -0.3 is 4.74 Å². The van der Waals surface area contributed by atoms with Gasteiger partial charge in [0.1, 0.15) is 5.75 Å². The molecule has 0 saturated heterocycles. The van der Waals surface area contributed by atoms with Gasteiger partial charge in [-0.25, -0.2) is 5.43 Å². The van der Waals surface area contributed by atoms with Crippen LogP contribution in [0, 0.1) is 6.92 Å². The Labute approximate surface area is 123 Å². The van der Waals surface area contributed by atoms with Gasteiger partial charge in [0.25, 0.3) is 0 Å². The summed E-state index contributed by atoms with van der Waals surface area (Å²) in [6.07, 6.45) is 3.46. The van der Waals surface area contributed by atoms with Crippen molar-refractivity contribution in [1.29, 1.82) is 0 Å². The maximum absolute atomic E-state index is 6.17. The van der Waals surface area contributed by atoms with Gasteiger partial charge in [-0.05, 0) is 42.7 Å². The lowest BCUT2D eigenvalue weighted by molar-refractivity contribution is 0.338. The quantitative estimate of drug-likeness (QED) is 0.657. The van der Waals surface area contributed by atoms with Crippen molar-refractivity contribution in [1.82, 2.24) is 10.4 Å². The lowest BCUT2D eigenvalue weighted by Gasteiger charge is -2.20. The van der Waals surface area contributed by atoms with Crippen molar-refractivity contribution in [3.05, 3.63) is 58.4 Å². The highest BCUT2D eigenvalue weighted by Crippen LogP contribution is 2.29. The molecule has 0 radical (unpaired) electrons. The summed E-state index contributed by atoms with van der Waals surface area (Å²) >= 11 is 6.17. The Bertz CT molecular complexity index is 589. The van der Waals surface area contributed by atoms with E-state index in [1.54, 1.807) is 12.4 Å². The number of halogens is 1. The van der Waals surface area contributed by atoms with E-state index in [-0.39, 0.29) is 6.04 Å². The van der Waals surface area contributed by atoms with E-state index >= 15 is 0 Å². The third-order valence-corrected chi connectivity index (χ3v) is 3.58. The van der Waals surface area contributed by atoms with Gasteiger partial charge in [0.05, 0.1) is 18.8 Å². The minimum Gasteiger partial charge on any atom is -0.492 e. The number of pyridine rings is 1. The smallest absolute Gasteiger partial charge is 0.137 e. The Kier molecular flexibility index (Phi) is 4.95. The maximum atomic E-state index is 6.17. The third kappa shape index (κ3) is 3.10. The van der Waals surface area contributed by atoms with E-state index in [1.807, 2.05) is 38.1 Å². The molecule has 3 N–H and O–H groups in total. The number of nitrogens with one attached hydrogen (secondary N) is 1. The summed E-state index contributed by atoms with van der Waals surface area (Å²) in [4.78, 5) is 4.20. The molecular formula is C15H18ClN3O. The number of ether oxygens (including phenoxy) is 1. The number of rotatable bonds is 5. The fraction of sp³-hybridized carbons (Fsp3) is 0.267. The van der Waals surface area contributed by atoms with Crippen molar-refractivity contribution in [3.8, 4) is 5.75 Å². The summed E-state index contributed by atoms with van der Waals surface area (Å²) in [6.45, 7) is 4.51. The first-order chi connectivity index (χ1) is 9.67. The summed E-state index contributed by atoms with van der Waals surface area (Å²) in [6, 6.07) is 7.53. The topological polar surface area (TPSA) is 60.2 Å². The third-order valence-electron chi connectivity index (χ3n) is 3.17. The fourth-order valence-electron chi connectivity index (χ4n) is 2.14. The zero-order valence-corrected chi connectivity index (χ0v) is 12.3. The van der Waals surface area contributed by atoms with Crippen LogP contribution in [0.4, 0.5) is 0 Å². The van der Waals surface area contributed by atoms with E-state index in [9.17, 15) is 0 Å². The van der Waals surface area contributed by atoms with E-state index in [0.717, 1.165) is 27.5 Å².